The molecule has 2 aliphatic heterocycles. The number of halogens is 1. The van der Waals surface area contributed by atoms with Crippen molar-refractivity contribution < 1.29 is 9.18 Å². The Kier molecular flexibility index (Phi) is 8.08. The van der Waals surface area contributed by atoms with Gasteiger partial charge in [-0.3, -0.25) is 9.69 Å². The summed E-state index contributed by atoms with van der Waals surface area (Å²) in [6.45, 7) is 3.22. The van der Waals surface area contributed by atoms with E-state index in [4.69, 9.17) is 10.1 Å². The van der Waals surface area contributed by atoms with Gasteiger partial charge in [0.1, 0.15) is 11.5 Å². The first-order chi connectivity index (χ1) is 21.6. The van der Waals surface area contributed by atoms with Crippen LogP contribution in [0.1, 0.15) is 31.2 Å². The van der Waals surface area contributed by atoms with Gasteiger partial charge in [-0.05, 0) is 91.9 Å². The Morgan fingerprint density at radius 3 is 2.82 bits per heavy atom. The highest BCUT2D eigenvalue weighted by Crippen LogP contribution is 2.36. The van der Waals surface area contributed by atoms with Crippen LogP contribution in [0.4, 0.5) is 21.7 Å². The maximum Gasteiger partial charge on any atom is 0.227 e. The van der Waals surface area contributed by atoms with Crippen molar-refractivity contribution in [1.29, 1.82) is 0 Å². The monoisotopic (exact) mass is 605 g/mol. The molecule has 0 aliphatic carbocycles. The number of benzene rings is 2. The summed E-state index contributed by atoms with van der Waals surface area (Å²) in [5, 5.41) is 13.2. The van der Waals surface area contributed by atoms with Crippen molar-refractivity contribution in [1.82, 2.24) is 24.5 Å². The number of nitrogens with zero attached hydrogens (tertiary/aromatic N) is 5. The molecule has 0 spiro atoms. The van der Waals surface area contributed by atoms with Gasteiger partial charge in [0.05, 0.1) is 22.5 Å². The first-order valence-corrected chi connectivity index (χ1v) is 15.8. The molecule has 0 radical (unpaired) electrons. The van der Waals surface area contributed by atoms with Gasteiger partial charge in [-0.25, -0.2) is 18.9 Å². The topological polar surface area (TPSA) is 87.5 Å². The van der Waals surface area contributed by atoms with Gasteiger partial charge in [0.25, 0.3) is 0 Å². The van der Waals surface area contributed by atoms with E-state index in [-0.39, 0.29) is 16.8 Å². The Hall–Kier alpha value is -4.54. The summed E-state index contributed by atoms with van der Waals surface area (Å²) in [7, 11) is 0. The molecule has 1 fully saturated rings. The van der Waals surface area contributed by atoms with E-state index in [0.29, 0.717) is 29.3 Å². The molecule has 2 aromatic carbocycles. The van der Waals surface area contributed by atoms with Crippen molar-refractivity contribution in [2.45, 2.75) is 37.5 Å². The summed E-state index contributed by atoms with van der Waals surface area (Å²) in [5.41, 5.74) is 5.90. The molecule has 1 saturated heterocycles. The van der Waals surface area contributed by atoms with Crippen LogP contribution < -0.4 is 10.6 Å². The first kappa shape index (κ1) is 28.2. The van der Waals surface area contributed by atoms with Crippen LogP contribution in [0, 0.1) is 5.82 Å². The van der Waals surface area contributed by atoms with E-state index in [1.54, 1.807) is 34.6 Å². The summed E-state index contributed by atoms with van der Waals surface area (Å²) in [6.07, 6.45) is 9.32. The highest BCUT2D eigenvalue weighted by molar-refractivity contribution is 8.03. The zero-order valence-corrected chi connectivity index (χ0v) is 24.9. The average molecular weight is 606 g/mol. The standard InChI is InChI=1S/C34H32FN7OS/c35-27-12-11-24(20-29(27)38-31(43)21-26-9-6-18-44-26)33-32(30-10-1-2-17-42(30)40-33)28-13-14-36-34(39-28)37-25-8-5-7-23(19-25)22-41-15-3-4-16-41/h1-2,5-8,10-14,17-20,26H,3-4,9,15-16,21-22H2,(H,38,43)(H,36,37,39). The van der Waals surface area contributed by atoms with E-state index in [9.17, 15) is 9.18 Å². The number of allylic oxidation sites excluding steroid dienone is 1. The van der Waals surface area contributed by atoms with Crippen LogP contribution in [0.3, 0.4) is 0 Å². The van der Waals surface area contributed by atoms with Gasteiger partial charge >= 0.3 is 0 Å². The second kappa shape index (κ2) is 12.6. The highest BCUT2D eigenvalue weighted by atomic mass is 32.2. The number of hydrogen-bond donors (Lipinski definition) is 2. The quantitative estimate of drug-likeness (QED) is 0.183. The third-order valence-corrected chi connectivity index (χ3v) is 9.03. The lowest BCUT2D eigenvalue weighted by molar-refractivity contribution is -0.116. The molecule has 222 valence electrons. The molecule has 1 amide bonds. The van der Waals surface area contributed by atoms with E-state index in [1.807, 2.05) is 41.9 Å². The maximum atomic E-state index is 14.9. The molecule has 8 nitrogen and oxygen atoms in total. The summed E-state index contributed by atoms with van der Waals surface area (Å²) in [4.78, 5) is 24.6. The number of nitrogens with one attached hydrogen (secondary N) is 2. The lowest BCUT2D eigenvalue weighted by Crippen LogP contribution is -2.18. The van der Waals surface area contributed by atoms with Gasteiger partial charge in [-0.1, -0.05) is 24.3 Å². The van der Waals surface area contributed by atoms with Gasteiger partial charge in [0.15, 0.2) is 0 Å². The molecule has 1 atom stereocenters. The van der Waals surface area contributed by atoms with Crippen LogP contribution in [0.2, 0.25) is 0 Å². The molecule has 2 N–H and O–H groups in total. The van der Waals surface area contributed by atoms with E-state index >= 15 is 0 Å². The molecule has 1 unspecified atom stereocenters. The third-order valence-electron chi connectivity index (χ3n) is 7.93. The summed E-state index contributed by atoms with van der Waals surface area (Å²) >= 11 is 1.63. The van der Waals surface area contributed by atoms with Crippen molar-refractivity contribution in [3.8, 4) is 22.5 Å². The average Bonchev–Trinajstić information content (AvgIpc) is 3.81. The zero-order chi connectivity index (χ0) is 29.9. The maximum absolute atomic E-state index is 14.9. The molecular weight excluding hydrogens is 573 g/mol. The number of fused-ring (bicyclic) bond motifs is 1. The first-order valence-electron chi connectivity index (χ1n) is 14.9. The SMILES string of the molecule is O=C(CC1CC=CS1)Nc1cc(-c2nn3ccccc3c2-c2ccnc(Nc3cccc(CN4CCCC4)c3)n2)ccc1F. The molecule has 2 aliphatic rings. The lowest BCUT2D eigenvalue weighted by atomic mass is 10.0. The number of pyridine rings is 1. The van der Waals surface area contributed by atoms with E-state index in [1.165, 1.54) is 24.5 Å². The number of anilines is 3. The number of carbonyl (C=O) groups excluding carboxylic acids is 1. The number of rotatable bonds is 9. The number of thioether (sulfide) groups is 1. The second-order valence-corrected chi connectivity index (χ2v) is 12.4. The Morgan fingerprint density at radius 1 is 1.05 bits per heavy atom. The molecular formula is C34H32FN7OS. The van der Waals surface area contributed by atoms with Crippen molar-refractivity contribution in [2.75, 3.05) is 23.7 Å². The molecule has 7 rings (SSSR count). The molecule has 0 saturated carbocycles. The van der Waals surface area contributed by atoms with Crippen LogP contribution in [-0.2, 0) is 11.3 Å². The molecule has 5 heterocycles. The Morgan fingerprint density at radius 2 is 1.95 bits per heavy atom. The molecule has 10 heteroatoms. The van der Waals surface area contributed by atoms with Crippen molar-refractivity contribution in [2.24, 2.45) is 0 Å². The van der Waals surface area contributed by atoms with Crippen molar-refractivity contribution in [3.63, 3.8) is 0 Å². The van der Waals surface area contributed by atoms with Crippen LogP contribution in [-0.4, -0.2) is 48.7 Å². The number of hydrogen-bond acceptors (Lipinski definition) is 7. The van der Waals surface area contributed by atoms with Crippen LogP contribution in [0.15, 0.2) is 90.6 Å². The van der Waals surface area contributed by atoms with Gasteiger partial charge in [-0.15, -0.1) is 11.8 Å². The minimum atomic E-state index is -0.495. The number of likely N-dealkylation sites (tertiary alicyclic amines) is 1. The van der Waals surface area contributed by atoms with E-state index < -0.39 is 5.82 Å². The fourth-order valence-electron chi connectivity index (χ4n) is 5.82. The van der Waals surface area contributed by atoms with E-state index in [0.717, 1.165) is 42.8 Å². The summed E-state index contributed by atoms with van der Waals surface area (Å²) in [6, 6.07) is 20.7. The lowest BCUT2D eigenvalue weighted by Gasteiger charge is -2.15. The smallest absolute Gasteiger partial charge is 0.227 e. The number of amides is 1. The van der Waals surface area contributed by atoms with Gasteiger partial charge < -0.3 is 10.6 Å². The van der Waals surface area contributed by atoms with E-state index in [2.05, 4.69) is 44.8 Å². The fraction of sp³-hybridized carbons (Fsp3) is 0.235. The molecule has 0 bridgehead atoms. The summed E-state index contributed by atoms with van der Waals surface area (Å²) in [5.74, 6) is -0.244. The van der Waals surface area contributed by atoms with Crippen molar-refractivity contribution in [3.05, 3.63) is 102 Å². The highest BCUT2D eigenvalue weighted by Gasteiger charge is 2.21. The van der Waals surface area contributed by atoms with Crippen LogP contribution in [0.25, 0.3) is 28.0 Å². The fourth-order valence-corrected chi connectivity index (χ4v) is 6.74. The Bertz CT molecular complexity index is 1840. The Labute approximate surface area is 259 Å². The minimum Gasteiger partial charge on any atom is -0.324 e. The minimum absolute atomic E-state index is 0.130. The second-order valence-electron chi connectivity index (χ2n) is 11.1. The third kappa shape index (κ3) is 6.22. The van der Waals surface area contributed by atoms with Crippen molar-refractivity contribution >= 4 is 40.5 Å². The predicted molar refractivity (Wildman–Crippen MR) is 174 cm³/mol. The van der Waals surface area contributed by atoms with Crippen LogP contribution >= 0.6 is 11.8 Å². The van der Waals surface area contributed by atoms with Crippen LogP contribution in [0.5, 0.6) is 0 Å². The van der Waals surface area contributed by atoms with Gasteiger partial charge in [0, 0.05) is 41.9 Å². The Balaban J connectivity index is 1.19. The normalized spacial score (nSPS) is 16.5. The summed E-state index contributed by atoms with van der Waals surface area (Å²) < 4.78 is 16.7. The van der Waals surface area contributed by atoms with Gasteiger partial charge in [-0.2, -0.15) is 5.10 Å². The largest absolute Gasteiger partial charge is 0.324 e. The molecule has 44 heavy (non-hydrogen) atoms. The number of aromatic nitrogens is 4. The molecule has 3 aromatic heterocycles. The number of carbonyl (C=O) groups is 1. The predicted octanol–water partition coefficient (Wildman–Crippen LogP) is 7.28. The molecule has 5 aromatic rings. The zero-order valence-electron chi connectivity index (χ0n) is 24.1. The van der Waals surface area contributed by atoms with Gasteiger partial charge in [0.2, 0.25) is 11.9 Å².